The van der Waals surface area contributed by atoms with Crippen molar-refractivity contribution in [1.82, 2.24) is 9.97 Å². The van der Waals surface area contributed by atoms with E-state index in [4.69, 9.17) is 23.2 Å². The van der Waals surface area contributed by atoms with Crippen molar-refractivity contribution in [2.75, 3.05) is 11.1 Å². The third-order valence-electron chi connectivity index (χ3n) is 3.30. The molecule has 0 atom stereocenters. The van der Waals surface area contributed by atoms with Gasteiger partial charge in [0.05, 0.1) is 21.2 Å². The highest BCUT2D eigenvalue weighted by molar-refractivity contribution is 7.99. The Morgan fingerprint density at radius 2 is 1.79 bits per heavy atom. The molecular weight excluding hydrogens is 365 g/mol. The number of nitrogens with one attached hydrogen (secondary N) is 1. The van der Waals surface area contributed by atoms with Crippen molar-refractivity contribution in [2.45, 2.75) is 11.4 Å². The van der Waals surface area contributed by atoms with E-state index in [1.807, 2.05) is 24.3 Å². The Labute approximate surface area is 153 Å². The number of fused-ring (bicyclic) bond motifs is 1. The van der Waals surface area contributed by atoms with E-state index in [1.54, 1.807) is 18.2 Å². The van der Waals surface area contributed by atoms with E-state index in [9.17, 15) is 4.79 Å². The Morgan fingerprint density at radius 3 is 2.58 bits per heavy atom. The van der Waals surface area contributed by atoms with Gasteiger partial charge in [-0.2, -0.15) is 0 Å². The number of benzene rings is 2. The third-order valence-corrected chi connectivity index (χ3v) is 4.94. The van der Waals surface area contributed by atoms with Crippen LogP contribution in [-0.4, -0.2) is 21.6 Å². The standard InChI is InChI=1S/C17H13Cl2N3OS/c18-12-5-3-6-13(19)16(12)22-15(23)8-9-24-17-11-4-1-2-7-14(11)20-10-21-17/h1-7,10H,8-9H2,(H,22,23). The second kappa shape index (κ2) is 7.83. The molecule has 2 aromatic carbocycles. The highest BCUT2D eigenvalue weighted by Crippen LogP contribution is 2.30. The lowest BCUT2D eigenvalue weighted by atomic mass is 10.2. The zero-order valence-electron chi connectivity index (χ0n) is 12.5. The number of thioether (sulfide) groups is 1. The van der Waals surface area contributed by atoms with Gasteiger partial charge < -0.3 is 5.32 Å². The smallest absolute Gasteiger partial charge is 0.225 e. The lowest BCUT2D eigenvalue weighted by molar-refractivity contribution is -0.115. The van der Waals surface area contributed by atoms with E-state index in [1.165, 1.54) is 18.1 Å². The van der Waals surface area contributed by atoms with Crippen LogP contribution in [0.25, 0.3) is 10.9 Å². The summed E-state index contributed by atoms with van der Waals surface area (Å²) in [7, 11) is 0. The molecule has 1 amide bonds. The number of para-hydroxylation sites is 2. The van der Waals surface area contributed by atoms with Crippen LogP contribution in [0.1, 0.15) is 6.42 Å². The fourth-order valence-electron chi connectivity index (χ4n) is 2.15. The van der Waals surface area contributed by atoms with Crippen LogP contribution in [-0.2, 0) is 4.79 Å². The average Bonchev–Trinajstić information content (AvgIpc) is 2.58. The van der Waals surface area contributed by atoms with Crippen molar-refractivity contribution in [2.24, 2.45) is 0 Å². The summed E-state index contributed by atoms with van der Waals surface area (Å²) in [4.78, 5) is 20.6. The molecule has 0 saturated carbocycles. The first-order valence-corrected chi connectivity index (χ1v) is 8.95. The fraction of sp³-hybridized carbons (Fsp3) is 0.118. The Morgan fingerprint density at radius 1 is 1.04 bits per heavy atom. The number of hydrogen-bond acceptors (Lipinski definition) is 4. The van der Waals surface area contributed by atoms with Gasteiger partial charge >= 0.3 is 0 Å². The molecule has 1 aromatic heterocycles. The topological polar surface area (TPSA) is 54.9 Å². The molecule has 0 spiro atoms. The summed E-state index contributed by atoms with van der Waals surface area (Å²) in [5, 5.41) is 5.45. The number of carbonyl (C=O) groups excluding carboxylic acids is 1. The van der Waals surface area contributed by atoms with Gasteiger partial charge in [0.15, 0.2) is 0 Å². The lowest BCUT2D eigenvalue weighted by Gasteiger charge is -2.09. The van der Waals surface area contributed by atoms with E-state index in [0.717, 1.165) is 15.9 Å². The second-order valence-corrected chi connectivity index (χ2v) is 6.84. The highest BCUT2D eigenvalue weighted by Gasteiger charge is 2.10. The molecule has 1 heterocycles. The van der Waals surface area contributed by atoms with Gasteiger partial charge in [-0.1, -0.05) is 47.5 Å². The number of aromatic nitrogens is 2. The van der Waals surface area contributed by atoms with Crippen molar-refractivity contribution in [3.63, 3.8) is 0 Å². The first-order valence-electron chi connectivity index (χ1n) is 7.21. The Bertz CT molecular complexity index is 863. The van der Waals surface area contributed by atoms with E-state index >= 15 is 0 Å². The maximum atomic E-state index is 12.1. The highest BCUT2D eigenvalue weighted by atomic mass is 35.5. The maximum absolute atomic E-state index is 12.1. The zero-order valence-corrected chi connectivity index (χ0v) is 14.8. The molecule has 0 aliphatic rings. The van der Waals surface area contributed by atoms with Crippen LogP contribution < -0.4 is 5.32 Å². The summed E-state index contributed by atoms with van der Waals surface area (Å²) in [6.45, 7) is 0. The second-order valence-electron chi connectivity index (χ2n) is 4.94. The zero-order chi connectivity index (χ0) is 16.9. The van der Waals surface area contributed by atoms with Crippen LogP contribution in [0.4, 0.5) is 5.69 Å². The van der Waals surface area contributed by atoms with Crippen molar-refractivity contribution >= 4 is 57.5 Å². The molecule has 7 heteroatoms. The van der Waals surface area contributed by atoms with E-state index < -0.39 is 0 Å². The van der Waals surface area contributed by atoms with Crippen molar-refractivity contribution in [1.29, 1.82) is 0 Å². The molecule has 0 fully saturated rings. The van der Waals surface area contributed by atoms with Gasteiger partial charge in [0, 0.05) is 17.6 Å². The van der Waals surface area contributed by atoms with Gasteiger partial charge in [-0.05, 0) is 18.2 Å². The minimum atomic E-state index is -0.143. The van der Waals surface area contributed by atoms with E-state index in [-0.39, 0.29) is 5.91 Å². The first-order chi connectivity index (χ1) is 11.6. The molecule has 3 aromatic rings. The molecule has 0 bridgehead atoms. The quantitative estimate of drug-likeness (QED) is 0.498. The Balaban J connectivity index is 1.61. The first kappa shape index (κ1) is 17.0. The van der Waals surface area contributed by atoms with Gasteiger partial charge in [0.25, 0.3) is 0 Å². The van der Waals surface area contributed by atoms with E-state index in [2.05, 4.69) is 15.3 Å². The molecule has 1 N–H and O–H groups in total. The molecule has 3 rings (SSSR count). The Hall–Kier alpha value is -1.82. The number of nitrogens with zero attached hydrogens (tertiary/aromatic N) is 2. The van der Waals surface area contributed by atoms with Crippen LogP contribution >= 0.6 is 35.0 Å². The van der Waals surface area contributed by atoms with Crippen LogP contribution in [0.15, 0.2) is 53.8 Å². The molecule has 24 heavy (non-hydrogen) atoms. The molecule has 0 unspecified atom stereocenters. The molecule has 122 valence electrons. The minimum absolute atomic E-state index is 0.143. The third kappa shape index (κ3) is 3.98. The molecule has 4 nitrogen and oxygen atoms in total. The fourth-order valence-corrected chi connectivity index (χ4v) is 3.58. The molecule has 0 aliphatic carbocycles. The molecule has 0 aliphatic heterocycles. The lowest BCUT2D eigenvalue weighted by Crippen LogP contribution is -2.13. The average molecular weight is 378 g/mol. The normalized spacial score (nSPS) is 10.8. The SMILES string of the molecule is O=C(CCSc1ncnc2ccccc12)Nc1c(Cl)cccc1Cl. The number of halogens is 2. The summed E-state index contributed by atoms with van der Waals surface area (Å²) in [5.74, 6) is 0.449. The number of amides is 1. The predicted octanol–water partition coefficient (Wildman–Crippen LogP) is 5.06. The van der Waals surface area contributed by atoms with Gasteiger partial charge in [-0.25, -0.2) is 9.97 Å². The van der Waals surface area contributed by atoms with Crippen LogP contribution in [0.5, 0.6) is 0 Å². The predicted molar refractivity (Wildman–Crippen MR) is 100.0 cm³/mol. The summed E-state index contributed by atoms with van der Waals surface area (Å²) in [6, 6.07) is 12.9. The molecular formula is C17H13Cl2N3OS. The number of carbonyl (C=O) groups is 1. The van der Waals surface area contributed by atoms with Gasteiger partial charge in [0.2, 0.25) is 5.91 Å². The summed E-state index contributed by atoms with van der Waals surface area (Å²) < 4.78 is 0. The Kier molecular flexibility index (Phi) is 5.56. The van der Waals surface area contributed by atoms with Crippen molar-refractivity contribution in [3.8, 4) is 0 Å². The minimum Gasteiger partial charge on any atom is -0.324 e. The number of hydrogen-bond donors (Lipinski definition) is 1. The number of rotatable bonds is 5. The summed E-state index contributed by atoms with van der Waals surface area (Å²) in [6.07, 6.45) is 1.86. The van der Waals surface area contributed by atoms with Gasteiger partial charge in [-0.15, -0.1) is 11.8 Å². The molecule has 0 saturated heterocycles. The largest absolute Gasteiger partial charge is 0.324 e. The maximum Gasteiger partial charge on any atom is 0.225 e. The van der Waals surface area contributed by atoms with Crippen molar-refractivity contribution < 1.29 is 4.79 Å². The van der Waals surface area contributed by atoms with Crippen LogP contribution in [0, 0.1) is 0 Å². The monoisotopic (exact) mass is 377 g/mol. The summed E-state index contributed by atoms with van der Waals surface area (Å²) in [5.41, 5.74) is 1.34. The van der Waals surface area contributed by atoms with Crippen LogP contribution in [0.2, 0.25) is 10.0 Å². The number of anilines is 1. The van der Waals surface area contributed by atoms with Crippen LogP contribution in [0.3, 0.4) is 0 Å². The van der Waals surface area contributed by atoms with Gasteiger partial charge in [-0.3, -0.25) is 4.79 Å². The molecule has 0 radical (unpaired) electrons. The summed E-state index contributed by atoms with van der Waals surface area (Å²) >= 11 is 13.6. The van der Waals surface area contributed by atoms with Gasteiger partial charge in [0.1, 0.15) is 11.4 Å². The van der Waals surface area contributed by atoms with E-state index in [0.29, 0.717) is 27.9 Å². The van der Waals surface area contributed by atoms with Crippen molar-refractivity contribution in [3.05, 3.63) is 58.8 Å².